The molecule has 0 saturated heterocycles. The molecule has 0 aliphatic carbocycles. The van der Waals surface area contributed by atoms with Gasteiger partial charge in [-0.1, -0.05) is 19.1 Å². The third-order valence-electron chi connectivity index (χ3n) is 2.44. The van der Waals surface area contributed by atoms with Crippen molar-refractivity contribution < 1.29 is 19.4 Å². The van der Waals surface area contributed by atoms with E-state index in [0.29, 0.717) is 24.7 Å². The number of para-hydroxylation sites is 1. The van der Waals surface area contributed by atoms with E-state index in [1.807, 2.05) is 19.1 Å². The van der Waals surface area contributed by atoms with Gasteiger partial charge in [-0.15, -0.1) is 0 Å². The molecule has 2 N–H and O–H groups in total. The molecule has 5 nitrogen and oxygen atoms in total. The highest BCUT2D eigenvalue weighted by Gasteiger charge is 2.12. The molecule has 0 bridgehead atoms. The monoisotopic (exact) mass is 267 g/mol. The lowest BCUT2D eigenvalue weighted by molar-refractivity contribution is -0.139. The summed E-state index contributed by atoms with van der Waals surface area (Å²) in [6.07, 6.45) is 1.04. The van der Waals surface area contributed by atoms with Gasteiger partial charge in [-0.25, -0.2) is 4.79 Å². The van der Waals surface area contributed by atoms with Crippen molar-refractivity contribution in [2.45, 2.75) is 26.8 Å². The second kappa shape index (κ2) is 8.37. The van der Waals surface area contributed by atoms with Gasteiger partial charge in [0.1, 0.15) is 0 Å². The number of hydrogen-bond donors (Lipinski definition) is 2. The molecule has 0 fully saturated rings. The summed E-state index contributed by atoms with van der Waals surface area (Å²) in [5, 5.41) is 12.0. The molecule has 1 rings (SSSR count). The Morgan fingerprint density at radius 2 is 2.11 bits per heavy atom. The maximum atomic E-state index is 10.6. The smallest absolute Gasteiger partial charge is 0.341 e. The van der Waals surface area contributed by atoms with Gasteiger partial charge in [0.15, 0.2) is 18.1 Å². The Kier molecular flexibility index (Phi) is 6.74. The second-order valence-electron chi connectivity index (χ2n) is 4.04. The van der Waals surface area contributed by atoms with Crippen LogP contribution >= 0.6 is 0 Å². The Morgan fingerprint density at radius 3 is 2.74 bits per heavy atom. The fourth-order valence-corrected chi connectivity index (χ4v) is 1.67. The van der Waals surface area contributed by atoms with Gasteiger partial charge in [-0.2, -0.15) is 0 Å². The second-order valence-corrected chi connectivity index (χ2v) is 4.04. The number of rotatable bonds is 9. The van der Waals surface area contributed by atoms with E-state index < -0.39 is 5.97 Å². The molecule has 0 aromatic heterocycles. The van der Waals surface area contributed by atoms with Crippen LogP contribution in [0.2, 0.25) is 0 Å². The van der Waals surface area contributed by atoms with Crippen LogP contribution in [0.15, 0.2) is 18.2 Å². The Morgan fingerprint density at radius 1 is 1.32 bits per heavy atom. The Bertz CT molecular complexity index is 406. The summed E-state index contributed by atoms with van der Waals surface area (Å²) in [4.78, 5) is 10.6. The van der Waals surface area contributed by atoms with Crippen molar-refractivity contribution >= 4 is 5.97 Å². The van der Waals surface area contributed by atoms with E-state index in [1.54, 1.807) is 6.07 Å². The van der Waals surface area contributed by atoms with Gasteiger partial charge in [0.05, 0.1) is 6.61 Å². The summed E-state index contributed by atoms with van der Waals surface area (Å²) < 4.78 is 10.8. The van der Waals surface area contributed by atoms with Crippen molar-refractivity contribution in [3.8, 4) is 11.5 Å². The molecule has 1 aromatic carbocycles. The molecular formula is C14H21NO4. The van der Waals surface area contributed by atoms with Crippen LogP contribution in [0.25, 0.3) is 0 Å². The first-order valence-corrected chi connectivity index (χ1v) is 6.49. The number of hydrogen-bond acceptors (Lipinski definition) is 4. The average Bonchev–Trinajstić information content (AvgIpc) is 2.38. The molecule has 0 aliphatic heterocycles. The summed E-state index contributed by atoms with van der Waals surface area (Å²) in [5.74, 6) is 0.0914. The van der Waals surface area contributed by atoms with Crippen LogP contribution in [-0.2, 0) is 11.3 Å². The van der Waals surface area contributed by atoms with Crippen LogP contribution in [-0.4, -0.2) is 30.8 Å². The fourth-order valence-electron chi connectivity index (χ4n) is 1.67. The Labute approximate surface area is 113 Å². The molecule has 0 atom stereocenters. The third kappa shape index (κ3) is 5.18. The van der Waals surface area contributed by atoms with Crippen molar-refractivity contribution in [3.05, 3.63) is 23.8 Å². The highest BCUT2D eigenvalue weighted by molar-refractivity contribution is 5.68. The van der Waals surface area contributed by atoms with Gasteiger partial charge in [-0.3, -0.25) is 0 Å². The first-order chi connectivity index (χ1) is 9.19. The van der Waals surface area contributed by atoms with E-state index in [9.17, 15) is 4.79 Å². The molecular weight excluding hydrogens is 246 g/mol. The molecule has 0 saturated carbocycles. The molecule has 19 heavy (non-hydrogen) atoms. The van der Waals surface area contributed by atoms with Gasteiger partial charge in [0, 0.05) is 12.1 Å². The predicted octanol–water partition coefficient (Wildman–Crippen LogP) is 2.05. The summed E-state index contributed by atoms with van der Waals surface area (Å²) in [5.41, 5.74) is 0.903. The van der Waals surface area contributed by atoms with Crippen LogP contribution in [0.1, 0.15) is 25.8 Å². The average molecular weight is 267 g/mol. The van der Waals surface area contributed by atoms with E-state index in [1.165, 1.54) is 0 Å². The minimum Gasteiger partial charge on any atom is -0.490 e. The van der Waals surface area contributed by atoms with Crippen LogP contribution in [0.4, 0.5) is 0 Å². The van der Waals surface area contributed by atoms with E-state index in [-0.39, 0.29) is 6.61 Å². The highest BCUT2D eigenvalue weighted by atomic mass is 16.5. The summed E-state index contributed by atoms with van der Waals surface area (Å²) in [7, 11) is 0. The zero-order chi connectivity index (χ0) is 14.1. The summed E-state index contributed by atoms with van der Waals surface area (Å²) in [6, 6.07) is 5.56. The molecule has 0 radical (unpaired) electrons. The lowest BCUT2D eigenvalue weighted by Gasteiger charge is -2.15. The lowest BCUT2D eigenvalue weighted by Crippen LogP contribution is -2.16. The highest BCUT2D eigenvalue weighted by Crippen LogP contribution is 2.31. The number of nitrogens with one attached hydrogen (secondary N) is 1. The standard InChI is InChI=1S/C14H21NO4/c1-3-8-15-9-11-6-5-7-12(18-4-2)14(11)19-10-13(16)17/h5-7,15H,3-4,8-10H2,1-2H3,(H,16,17). The van der Waals surface area contributed by atoms with Gasteiger partial charge in [0.25, 0.3) is 0 Å². The normalized spacial score (nSPS) is 10.2. The van der Waals surface area contributed by atoms with Gasteiger partial charge in [-0.05, 0) is 26.0 Å². The van der Waals surface area contributed by atoms with Crippen molar-refractivity contribution in [1.82, 2.24) is 5.32 Å². The van der Waals surface area contributed by atoms with Gasteiger partial charge in [0.2, 0.25) is 0 Å². The zero-order valence-electron chi connectivity index (χ0n) is 11.4. The van der Waals surface area contributed by atoms with Crippen LogP contribution < -0.4 is 14.8 Å². The minimum atomic E-state index is -1.00. The van der Waals surface area contributed by atoms with Gasteiger partial charge >= 0.3 is 5.97 Å². The maximum Gasteiger partial charge on any atom is 0.341 e. The predicted molar refractivity (Wildman–Crippen MR) is 72.7 cm³/mol. The number of ether oxygens (including phenoxy) is 2. The number of carbonyl (C=O) groups is 1. The summed E-state index contributed by atoms with van der Waals surface area (Å²) >= 11 is 0. The number of benzene rings is 1. The lowest BCUT2D eigenvalue weighted by atomic mass is 10.2. The third-order valence-corrected chi connectivity index (χ3v) is 2.44. The maximum absolute atomic E-state index is 10.6. The number of aliphatic carboxylic acids is 1. The van der Waals surface area contributed by atoms with Crippen molar-refractivity contribution in [2.75, 3.05) is 19.8 Å². The zero-order valence-corrected chi connectivity index (χ0v) is 11.4. The number of carboxylic acid groups (broad SMARTS) is 1. The molecule has 106 valence electrons. The fraction of sp³-hybridized carbons (Fsp3) is 0.500. The molecule has 0 unspecified atom stereocenters. The Balaban J connectivity index is 2.85. The molecule has 0 heterocycles. The first kappa shape index (κ1) is 15.3. The molecule has 0 aliphatic rings. The van der Waals surface area contributed by atoms with Crippen LogP contribution in [0.5, 0.6) is 11.5 Å². The first-order valence-electron chi connectivity index (χ1n) is 6.49. The molecule has 5 heteroatoms. The largest absolute Gasteiger partial charge is 0.490 e. The van der Waals surface area contributed by atoms with Crippen molar-refractivity contribution in [1.29, 1.82) is 0 Å². The minimum absolute atomic E-state index is 0.370. The van der Waals surface area contributed by atoms with E-state index in [4.69, 9.17) is 14.6 Å². The number of carboxylic acids is 1. The van der Waals surface area contributed by atoms with E-state index >= 15 is 0 Å². The van der Waals surface area contributed by atoms with Crippen LogP contribution in [0, 0.1) is 0 Å². The SMILES string of the molecule is CCCNCc1cccc(OCC)c1OCC(=O)O. The van der Waals surface area contributed by atoms with Crippen LogP contribution in [0.3, 0.4) is 0 Å². The van der Waals surface area contributed by atoms with E-state index in [2.05, 4.69) is 12.2 Å². The Hall–Kier alpha value is -1.75. The molecule has 1 aromatic rings. The topological polar surface area (TPSA) is 67.8 Å². The summed E-state index contributed by atoms with van der Waals surface area (Å²) in [6.45, 7) is 5.63. The van der Waals surface area contributed by atoms with Crippen molar-refractivity contribution in [2.24, 2.45) is 0 Å². The molecule has 0 spiro atoms. The quantitative estimate of drug-likeness (QED) is 0.670. The van der Waals surface area contributed by atoms with E-state index in [0.717, 1.165) is 18.5 Å². The van der Waals surface area contributed by atoms with Gasteiger partial charge < -0.3 is 19.9 Å². The van der Waals surface area contributed by atoms with Crippen molar-refractivity contribution in [3.63, 3.8) is 0 Å². The molecule has 0 amide bonds.